The van der Waals surface area contributed by atoms with E-state index in [1.54, 1.807) is 29.1 Å². The van der Waals surface area contributed by atoms with Gasteiger partial charge in [-0.2, -0.15) is 15.3 Å². The van der Waals surface area contributed by atoms with Gasteiger partial charge in [0.2, 0.25) is 5.82 Å². The second kappa shape index (κ2) is 9.89. The van der Waals surface area contributed by atoms with E-state index in [0.717, 1.165) is 5.56 Å². The quantitative estimate of drug-likeness (QED) is 0.328. The fourth-order valence-corrected chi connectivity index (χ4v) is 3.94. The summed E-state index contributed by atoms with van der Waals surface area (Å²) in [6.45, 7) is 1.10. The van der Waals surface area contributed by atoms with E-state index >= 15 is 0 Å². The Morgan fingerprint density at radius 2 is 2.00 bits per heavy atom. The molecule has 0 fully saturated rings. The van der Waals surface area contributed by atoms with E-state index in [-0.39, 0.29) is 29.4 Å². The molecule has 0 saturated heterocycles. The molecule has 0 saturated carbocycles. The van der Waals surface area contributed by atoms with Crippen molar-refractivity contribution in [2.24, 2.45) is 0 Å². The maximum Gasteiger partial charge on any atom is 0.471 e. The van der Waals surface area contributed by atoms with Crippen LogP contribution < -0.4 is 5.56 Å². The van der Waals surface area contributed by atoms with Gasteiger partial charge in [0.05, 0.1) is 18.3 Å². The van der Waals surface area contributed by atoms with Crippen molar-refractivity contribution in [3.05, 3.63) is 64.0 Å². The molecule has 1 aromatic carbocycles. The number of aromatic nitrogens is 6. The van der Waals surface area contributed by atoms with E-state index in [4.69, 9.17) is 0 Å². The number of fused-ring (bicyclic) bond motifs is 1. The molecule has 4 aromatic rings. The summed E-state index contributed by atoms with van der Waals surface area (Å²) in [6, 6.07) is 8.84. The fourth-order valence-electron chi connectivity index (χ4n) is 3.67. The first-order valence-corrected chi connectivity index (χ1v) is 12.0. The molecule has 0 aliphatic heterocycles. The maximum atomic E-state index is 13.2. The van der Waals surface area contributed by atoms with Crippen LogP contribution in [0.15, 0.2) is 41.5 Å². The topological polar surface area (TPSA) is 161 Å². The smallest absolute Gasteiger partial charge is 0.303 e. The first-order valence-electron chi connectivity index (χ1n) is 10.5. The Bertz CT molecular complexity index is 1530. The van der Waals surface area contributed by atoms with Gasteiger partial charge >= 0.3 is 7.82 Å². The van der Waals surface area contributed by atoms with E-state index in [2.05, 4.69) is 19.6 Å². The number of alkyl halides is 1. The highest BCUT2D eigenvalue weighted by Gasteiger charge is 2.24. The average Bonchev–Trinajstić information content (AvgIpc) is 3.43. The van der Waals surface area contributed by atoms with Gasteiger partial charge in [-0.15, -0.1) is 0 Å². The van der Waals surface area contributed by atoms with Gasteiger partial charge in [-0.05, 0) is 17.5 Å². The molecule has 0 radical (unpaired) electrons. The van der Waals surface area contributed by atoms with Crippen LogP contribution >= 0.6 is 7.82 Å². The van der Waals surface area contributed by atoms with Crippen LogP contribution in [0, 0.1) is 11.3 Å². The number of nitrogens with zero attached hydrogens (tertiary/aromatic N) is 7. The predicted octanol–water partition coefficient (Wildman–Crippen LogP) is 2.32. The minimum absolute atomic E-state index is 0.0633. The molecule has 35 heavy (non-hydrogen) atoms. The number of phosphoric ester groups is 1. The third-order valence-corrected chi connectivity index (χ3v) is 5.60. The molecule has 3 aromatic heterocycles. The van der Waals surface area contributed by atoms with Crippen molar-refractivity contribution >= 4 is 19.0 Å². The van der Waals surface area contributed by atoms with Crippen LogP contribution in [0.25, 0.3) is 22.6 Å². The SMILES string of the molecule is CCCn1c(C#N)nc2nc(-c3cnn(Cc4cccc(CF)c4)c3)n(COP(=O)(O)O)c2c1=O. The van der Waals surface area contributed by atoms with Gasteiger partial charge in [-0.25, -0.2) is 13.9 Å². The Labute approximate surface area is 198 Å². The van der Waals surface area contributed by atoms with E-state index in [1.807, 2.05) is 19.1 Å². The van der Waals surface area contributed by atoms with Crippen LogP contribution in [0.5, 0.6) is 0 Å². The molecule has 0 bridgehead atoms. The zero-order valence-corrected chi connectivity index (χ0v) is 19.5. The summed E-state index contributed by atoms with van der Waals surface area (Å²) in [7, 11) is -4.88. The highest BCUT2D eigenvalue weighted by Crippen LogP contribution is 2.37. The van der Waals surface area contributed by atoms with Gasteiger partial charge in [-0.1, -0.05) is 31.2 Å². The molecule has 0 aliphatic rings. The summed E-state index contributed by atoms with van der Waals surface area (Å²) in [5, 5.41) is 13.7. The van der Waals surface area contributed by atoms with Crippen molar-refractivity contribution < 1.29 is 23.3 Å². The van der Waals surface area contributed by atoms with Crippen molar-refractivity contribution in [3.8, 4) is 17.5 Å². The summed E-state index contributed by atoms with van der Waals surface area (Å²) >= 11 is 0. The molecule has 4 rings (SSSR count). The normalized spacial score (nSPS) is 11.7. The van der Waals surface area contributed by atoms with E-state index < -0.39 is 26.8 Å². The van der Waals surface area contributed by atoms with Gasteiger partial charge < -0.3 is 9.79 Å². The van der Waals surface area contributed by atoms with Crippen LogP contribution in [-0.4, -0.2) is 38.7 Å². The molecule has 0 aliphatic carbocycles. The lowest BCUT2D eigenvalue weighted by atomic mass is 10.1. The zero-order chi connectivity index (χ0) is 25.2. The van der Waals surface area contributed by atoms with Gasteiger partial charge in [0.15, 0.2) is 11.2 Å². The van der Waals surface area contributed by atoms with E-state index in [0.29, 0.717) is 24.1 Å². The summed E-state index contributed by atoms with van der Waals surface area (Å²) in [5.41, 5.74) is 1.05. The van der Waals surface area contributed by atoms with Crippen molar-refractivity contribution in [1.29, 1.82) is 5.26 Å². The summed E-state index contributed by atoms with van der Waals surface area (Å²) < 4.78 is 33.0. The number of phosphoric acid groups is 1. The standard InChI is InChI=1S/C21H21FN7O5P/c1-2-6-28-17(9-23)25-19-18(21(28)30)29(13-34-35(31,32)33)20(26-19)16-10-24-27(12-16)11-15-5-3-4-14(7-15)8-22/h3-5,7,10,12H,2,6,8,11,13H2,1H3,(H2,31,32,33). The van der Waals surface area contributed by atoms with Crippen molar-refractivity contribution in [2.75, 3.05) is 0 Å². The lowest BCUT2D eigenvalue weighted by Crippen LogP contribution is -2.26. The molecule has 0 amide bonds. The van der Waals surface area contributed by atoms with Crippen LogP contribution in [0.4, 0.5) is 4.39 Å². The monoisotopic (exact) mass is 501 g/mol. The third-order valence-electron chi connectivity index (χ3n) is 5.15. The fraction of sp³-hybridized carbons (Fsp3) is 0.286. The highest BCUT2D eigenvalue weighted by atomic mass is 31.2. The Balaban J connectivity index is 1.82. The largest absolute Gasteiger partial charge is 0.471 e. The minimum Gasteiger partial charge on any atom is -0.303 e. The molecule has 12 nitrogen and oxygen atoms in total. The molecular formula is C21H21FN7O5P. The number of rotatable bonds is 9. The number of imidazole rings is 1. The lowest BCUT2D eigenvalue weighted by Gasteiger charge is -2.11. The van der Waals surface area contributed by atoms with Crippen LogP contribution in [0.2, 0.25) is 0 Å². The summed E-state index contributed by atoms with van der Waals surface area (Å²) in [4.78, 5) is 40.2. The number of halogens is 1. The first kappa shape index (κ1) is 24.4. The number of hydrogen-bond donors (Lipinski definition) is 2. The van der Waals surface area contributed by atoms with E-state index in [9.17, 15) is 28.8 Å². The molecule has 3 heterocycles. The molecular weight excluding hydrogens is 480 g/mol. The van der Waals surface area contributed by atoms with Crippen molar-refractivity contribution in [1.82, 2.24) is 28.9 Å². The Morgan fingerprint density at radius 1 is 1.23 bits per heavy atom. The summed E-state index contributed by atoms with van der Waals surface area (Å²) in [6.07, 6.45) is 3.63. The van der Waals surface area contributed by atoms with Gasteiger partial charge in [0.1, 0.15) is 25.3 Å². The number of benzene rings is 1. The Hall–Kier alpha value is -3.69. The Kier molecular flexibility index (Phi) is 6.90. The molecule has 2 N–H and O–H groups in total. The van der Waals surface area contributed by atoms with Crippen LogP contribution in [0.3, 0.4) is 0 Å². The highest BCUT2D eigenvalue weighted by molar-refractivity contribution is 7.46. The molecule has 14 heteroatoms. The number of nitriles is 1. The van der Waals surface area contributed by atoms with Gasteiger partial charge in [0.25, 0.3) is 5.56 Å². The zero-order valence-electron chi connectivity index (χ0n) is 18.6. The Morgan fingerprint density at radius 3 is 2.69 bits per heavy atom. The minimum atomic E-state index is -4.88. The predicted molar refractivity (Wildman–Crippen MR) is 122 cm³/mol. The van der Waals surface area contributed by atoms with Crippen LogP contribution in [-0.2, 0) is 35.6 Å². The molecule has 0 atom stereocenters. The van der Waals surface area contributed by atoms with Gasteiger partial charge in [0, 0.05) is 12.7 Å². The average molecular weight is 501 g/mol. The van der Waals surface area contributed by atoms with Crippen molar-refractivity contribution in [3.63, 3.8) is 0 Å². The second-order valence-electron chi connectivity index (χ2n) is 7.67. The molecule has 0 spiro atoms. The number of hydrogen-bond acceptors (Lipinski definition) is 7. The summed E-state index contributed by atoms with van der Waals surface area (Å²) in [5.74, 6) is -0.000145. The molecule has 0 unspecified atom stereocenters. The second-order valence-corrected chi connectivity index (χ2v) is 8.91. The van der Waals surface area contributed by atoms with Crippen LogP contribution in [0.1, 0.15) is 30.3 Å². The van der Waals surface area contributed by atoms with Crippen molar-refractivity contribution in [2.45, 2.75) is 39.8 Å². The van der Waals surface area contributed by atoms with E-state index in [1.165, 1.54) is 15.3 Å². The van der Waals surface area contributed by atoms with Gasteiger partial charge in [-0.3, -0.25) is 23.1 Å². The lowest BCUT2D eigenvalue weighted by molar-refractivity contribution is 0.157. The molecule has 182 valence electrons. The first-order chi connectivity index (χ1) is 16.7. The maximum absolute atomic E-state index is 13.2. The third kappa shape index (κ3) is 5.21.